The van der Waals surface area contributed by atoms with Gasteiger partial charge in [0, 0.05) is 16.5 Å². The third kappa shape index (κ3) is 4.34. The molecule has 0 bridgehead atoms. The first-order chi connectivity index (χ1) is 18.0. The highest BCUT2D eigenvalue weighted by molar-refractivity contribution is 5.91. The van der Waals surface area contributed by atoms with Crippen molar-refractivity contribution in [2.75, 3.05) is 0 Å². The Bertz CT molecular complexity index is 1670. The summed E-state index contributed by atoms with van der Waals surface area (Å²) in [5.41, 5.74) is 6.90. The molecule has 0 fully saturated rings. The van der Waals surface area contributed by atoms with Gasteiger partial charge in [0.15, 0.2) is 11.6 Å². The lowest BCUT2D eigenvalue weighted by atomic mass is 9.86. The van der Waals surface area contributed by atoms with Crippen molar-refractivity contribution < 1.29 is 0 Å². The molecule has 1 aromatic heterocycles. The van der Waals surface area contributed by atoms with Crippen LogP contribution in [0.5, 0.6) is 0 Å². The zero-order chi connectivity index (χ0) is 25.4. The summed E-state index contributed by atoms with van der Waals surface area (Å²) in [5, 5.41) is 11.8. The van der Waals surface area contributed by atoms with Crippen LogP contribution < -0.4 is 0 Å². The van der Waals surface area contributed by atoms with E-state index < -0.39 is 0 Å². The Balaban J connectivity index is 1.53. The molecule has 180 valence electrons. The quantitative estimate of drug-likeness (QED) is 0.253. The highest BCUT2D eigenvalue weighted by atomic mass is 15.3. The van der Waals surface area contributed by atoms with Crippen LogP contribution in [0.15, 0.2) is 121 Å². The predicted molar refractivity (Wildman–Crippen MR) is 154 cm³/mol. The molecule has 0 unspecified atom stereocenters. The Labute approximate surface area is 218 Å². The summed E-state index contributed by atoms with van der Waals surface area (Å²) in [6.07, 6.45) is 0. The molecule has 1 heterocycles. The van der Waals surface area contributed by atoms with Crippen molar-refractivity contribution in [2.45, 2.75) is 26.2 Å². The lowest BCUT2D eigenvalue weighted by molar-refractivity contribution is 0.590. The molecule has 0 spiro atoms. The number of fused-ring (bicyclic) bond motifs is 1. The fraction of sp³-hybridized carbons (Fsp3) is 0.118. The van der Waals surface area contributed by atoms with Crippen molar-refractivity contribution in [1.29, 1.82) is 0 Å². The van der Waals surface area contributed by atoms with Gasteiger partial charge in [0.2, 0.25) is 0 Å². The van der Waals surface area contributed by atoms with E-state index in [4.69, 9.17) is 10.2 Å². The SMILES string of the molecule is CC(C)(C)c1ccc(-c2nnc(-c3ccc(-c4ccccc4)cc3)n2-c2cccc3ccccc23)cc1. The second-order valence-electron chi connectivity index (χ2n) is 10.5. The first-order valence-corrected chi connectivity index (χ1v) is 12.7. The van der Waals surface area contributed by atoms with Crippen molar-refractivity contribution in [3.8, 4) is 39.6 Å². The maximum Gasteiger partial charge on any atom is 0.168 e. The molecule has 0 N–H and O–H groups in total. The van der Waals surface area contributed by atoms with Crippen LogP contribution in [-0.2, 0) is 5.41 Å². The molecule has 0 aliphatic carbocycles. The van der Waals surface area contributed by atoms with Gasteiger partial charge in [-0.05, 0) is 33.6 Å². The zero-order valence-corrected chi connectivity index (χ0v) is 21.4. The van der Waals surface area contributed by atoms with Crippen molar-refractivity contribution >= 4 is 10.8 Å². The van der Waals surface area contributed by atoms with Crippen LogP contribution in [0, 0.1) is 0 Å². The normalized spacial score (nSPS) is 11.6. The first kappa shape index (κ1) is 22.9. The summed E-state index contributed by atoms with van der Waals surface area (Å²) in [5.74, 6) is 1.66. The molecule has 6 aromatic rings. The van der Waals surface area contributed by atoms with E-state index in [1.807, 2.05) is 6.07 Å². The van der Waals surface area contributed by atoms with E-state index in [1.54, 1.807) is 0 Å². The predicted octanol–water partition coefficient (Wildman–Crippen LogP) is 8.72. The molecule has 0 saturated carbocycles. The minimum Gasteiger partial charge on any atom is -0.274 e. The lowest BCUT2D eigenvalue weighted by Gasteiger charge is -2.19. The van der Waals surface area contributed by atoms with Crippen LogP contribution in [0.4, 0.5) is 0 Å². The van der Waals surface area contributed by atoms with Gasteiger partial charge in [0.05, 0.1) is 5.69 Å². The summed E-state index contributed by atoms with van der Waals surface area (Å²) in [7, 11) is 0. The van der Waals surface area contributed by atoms with E-state index in [0.717, 1.165) is 28.5 Å². The van der Waals surface area contributed by atoms with E-state index in [-0.39, 0.29) is 5.41 Å². The molecule has 3 nitrogen and oxygen atoms in total. The fourth-order valence-corrected chi connectivity index (χ4v) is 4.85. The van der Waals surface area contributed by atoms with Gasteiger partial charge in [0.1, 0.15) is 0 Å². The number of aromatic nitrogens is 3. The Kier molecular flexibility index (Phi) is 5.69. The number of benzene rings is 5. The van der Waals surface area contributed by atoms with Crippen LogP contribution in [-0.4, -0.2) is 14.8 Å². The molecule has 3 heteroatoms. The van der Waals surface area contributed by atoms with Gasteiger partial charge in [0.25, 0.3) is 0 Å². The number of rotatable bonds is 4. The van der Waals surface area contributed by atoms with Gasteiger partial charge in [-0.3, -0.25) is 4.57 Å². The smallest absolute Gasteiger partial charge is 0.168 e. The minimum atomic E-state index is 0.0908. The Morgan fingerprint density at radius 2 is 1.00 bits per heavy atom. The van der Waals surface area contributed by atoms with Gasteiger partial charge in [-0.25, -0.2) is 0 Å². The maximum atomic E-state index is 4.73. The second-order valence-corrected chi connectivity index (χ2v) is 10.5. The zero-order valence-electron chi connectivity index (χ0n) is 21.4. The van der Waals surface area contributed by atoms with Gasteiger partial charge in [-0.2, -0.15) is 0 Å². The van der Waals surface area contributed by atoms with E-state index in [1.165, 1.54) is 27.5 Å². The molecule has 0 saturated heterocycles. The van der Waals surface area contributed by atoms with Crippen LogP contribution in [0.2, 0.25) is 0 Å². The van der Waals surface area contributed by atoms with Crippen molar-refractivity contribution in [3.63, 3.8) is 0 Å². The average molecular weight is 480 g/mol. The highest BCUT2D eigenvalue weighted by Crippen LogP contribution is 2.34. The van der Waals surface area contributed by atoms with Crippen molar-refractivity contribution in [2.24, 2.45) is 0 Å². The van der Waals surface area contributed by atoms with Crippen LogP contribution in [0.1, 0.15) is 26.3 Å². The summed E-state index contributed by atoms with van der Waals surface area (Å²) in [4.78, 5) is 0. The lowest BCUT2D eigenvalue weighted by Crippen LogP contribution is -2.10. The topological polar surface area (TPSA) is 30.7 Å². The highest BCUT2D eigenvalue weighted by Gasteiger charge is 2.20. The van der Waals surface area contributed by atoms with Gasteiger partial charge < -0.3 is 0 Å². The van der Waals surface area contributed by atoms with Crippen LogP contribution >= 0.6 is 0 Å². The molecular weight excluding hydrogens is 450 g/mol. The summed E-state index contributed by atoms with van der Waals surface area (Å²) < 4.78 is 2.20. The third-order valence-electron chi connectivity index (χ3n) is 6.93. The molecule has 0 aliphatic rings. The molecule has 6 rings (SSSR count). The Hall–Kier alpha value is -4.50. The van der Waals surface area contributed by atoms with E-state index >= 15 is 0 Å². The largest absolute Gasteiger partial charge is 0.274 e. The molecular formula is C34H29N3. The third-order valence-corrected chi connectivity index (χ3v) is 6.93. The van der Waals surface area contributed by atoms with Gasteiger partial charge in [-0.1, -0.05) is 136 Å². The molecule has 0 amide bonds. The van der Waals surface area contributed by atoms with Gasteiger partial charge >= 0.3 is 0 Å². The second kappa shape index (κ2) is 9.18. The van der Waals surface area contributed by atoms with Crippen LogP contribution in [0.3, 0.4) is 0 Å². The fourth-order valence-electron chi connectivity index (χ4n) is 4.85. The van der Waals surface area contributed by atoms with E-state index in [0.29, 0.717) is 0 Å². The van der Waals surface area contributed by atoms with Gasteiger partial charge in [-0.15, -0.1) is 10.2 Å². The monoisotopic (exact) mass is 479 g/mol. The first-order valence-electron chi connectivity index (χ1n) is 12.7. The average Bonchev–Trinajstić information content (AvgIpc) is 3.38. The standard InChI is InChI=1S/C34H29N3/c1-34(2,3)29-22-20-28(21-23-29)33-36-35-32(27-18-16-25(17-19-27)24-10-5-4-6-11-24)37(33)31-15-9-13-26-12-7-8-14-30(26)31/h4-23H,1-3H3. The summed E-state index contributed by atoms with van der Waals surface area (Å²) >= 11 is 0. The van der Waals surface area contributed by atoms with Crippen molar-refractivity contribution in [3.05, 3.63) is 127 Å². The maximum absolute atomic E-state index is 4.73. The van der Waals surface area contributed by atoms with E-state index in [9.17, 15) is 0 Å². The molecule has 0 radical (unpaired) electrons. The molecule has 0 atom stereocenters. The summed E-state index contributed by atoms with van der Waals surface area (Å²) in [6, 6.07) is 42.6. The molecule has 0 aliphatic heterocycles. The summed E-state index contributed by atoms with van der Waals surface area (Å²) in [6.45, 7) is 6.70. The van der Waals surface area contributed by atoms with Crippen LogP contribution in [0.25, 0.3) is 50.4 Å². The number of nitrogens with zero attached hydrogens (tertiary/aromatic N) is 3. The Morgan fingerprint density at radius 3 is 1.65 bits per heavy atom. The minimum absolute atomic E-state index is 0.0908. The number of hydrogen-bond donors (Lipinski definition) is 0. The number of hydrogen-bond acceptors (Lipinski definition) is 2. The van der Waals surface area contributed by atoms with Crippen molar-refractivity contribution in [1.82, 2.24) is 14.8 Å². The van der Waals surface area contributed by atoms with E-state index in [2.05, 4.69) is 141 Å². The molecule has 37 heavy (non-hydrogen) atoms. The molecule has 5 aromatic carbocycles. The Morgan fingerprint density at radius 1 is 0.486 bits per heavy atom.